The number of nitrogens with zero attached hydrogens (tertiary/aromatic N) is 1. The van der Waals surface area contributed by atoms with Crippen LogP contribution in [0, 0.1) is 13.8 Å². The Balaban J connectivity index is 2.07. The van der Waals surface area contributed by atoms with E-state index in [9.17, 15) is 0 Å². The molecule has 17 heavy (non-hydrogen) atoms. The van der Waals surface area contributed by atoms with E-state index in [4.69, 9.17) is 16.3 Å². The summed E-state index contributed by atoms with van der Waals surface area (Å²) in [5.74, 6) is 0.917. The molecule has 0 radical (unpaired) electrons. The second-order valence-electron chi connectivity index (χ2n) is 3.98. The molecule has 0 aliphatic heterocycles. The molecule has 2 aromatic rings. The number of ether oxygens (including phenoxy) is 1. The van der Waals surface area contributed by atoms with Gasteiger partial charge in [0.1, 0.15) is 17.5 Å². The van der Waals surface area contributed by atoms with Crippen LogP contribution in [-0.4, -0.2) is 4.98 Å². The van der Waals surface area contributed by atoms with E-state index in [1.807, 2.05) is 18.2 Å². The summed E-state index contributed by atoms with van der Waals surface area (Å²) in [6, 6.07) is 9.74. The third kappa shape index (κ3) is 2.98. The van der Waals surface area contributed by atoms with Crippen LogP contribution in [0.2, 0.25) is 5.15 Å². The molecule has 1 aromatic carbocycles. The van der Waals surface area contributed by atoms with E-state index in [-0.39, 0.29) is 0 Å². The van der Waals surface area contributed by atoms with Crippen molar-refractivity contribution in [2.75, 3.05) is 0 Å². The second kappa shape index (κ2) is 5.19. The first-order chi connectivity index (χ1) is 8.16. The molecule has 0 saturated carbocycles. The molecule has 0 amide bonds. The maximum absolute atomic E-state index is 5.76. The van der Waals surface area contributed by atoms with E-state index in [0.29, 0.717) is 11.8 Å². The average Bonchev–Trinajstić information content (AvgIpc) is 2.33. The molecular formula is C14H14ClNO. The summed E-state index contributed by atoms with van der Waals surface area (Å²) in [4.78, 5) is 4.02. The summed E-state index contributed by atoms with van der Waals surface area (Å²) in [6.45, 7) is 4.64. The summed E-state index contributed by atoms with van der Waals surface area (Å²) < 4.78 is 5.76. The monoisotopic (exact) mass is 247 g/mol. The highest BCUT2D eigenvalue weighted by atomic mass is 35.5. The quantitative estimate of drug-likeness (QED) is 0.767. The lowest BCUT2D eigenvalue weighted by Gasteiger charge is -2.10. The highest BCUT2D eigenvalue weighted by Crippen LogP contribution is 2.21. The van der Waals surface area contributed by atoms with E-state index < -0.39 is 0 Å². The highest BCUT2D eigenvalue weighted by Gasteiger charge is 2.02. The van der Waals surface area contributed by atoms with Gasteiger partial charge in [-0.25, -0.2) is 4.98 Å². The summed E-state index contributed by atoms with van der Waals surface area (Å²) in [5.41, 5.74) is 3.42. The topological polar surface area (TPSA) is 22.1 Å². The van der Waals surface area contributed by atoms with Crippen LogP contribution in [0.4, 0.5) is 0 Å². The van der Waals surface area contributed by atoms with Gasteiger partial charge >= 0.3 is 0 Å². The Hall–Kier alpha value is -1.54. The Bertz CT molecular complexity index is 508. The molecule has 0 spiro atoms. The predicted octanol–water partition coefficient (Wildman–Crippen LogP) is 3.93. The first-order valence-corrected chi connectivity index (χ1v) is 5.84. The van der Waals surface area contributed by atoms with Crippen molar-refractivity contribution < 1.29 is 4.74 Å². The molecule has 2 nitrogen and oxygen atoms in total. The zero-order chi connectivity index (χ0) is 12.3. The Labute approximate surface area is 106 Å². The maximum atomic E-state index is 5.76. The fourth-order valence-electron chi connectivity index (χ4n) is 1.53. The van der Waals surface area contributed by atoms with Gasteiger partial charge in [-0.3, -0.25) is 0 Å². The first kappa shape index (κ1) is 11.9. The molecule has 0 N–H and O–H groups in total. The van der Waals surface area contributed by atoms with Crippen molar-refractivity contribution in [2.45, 2.75) is 20.5 Å². The minimum absolute atomic E-state index is 0.500. The van der Waals surface area contributed by atoms with Gasteiger partial charge < -0.3 is 4.74 Å². The third-order valence-electron chi connectivity index (χ3n) is 2.74. The fourth-order valence-corrected chi connectivity index (χ4v) is 1.65. The van der Waals surface area contributed by atoms with Crippen molar-refractivity contribution in [1.29, 1.82) is 0 Å². The second-order valence-corrected chi connectivity index (χ2v) is 4.36. The Morgan fingerprint density at radius 3 is 2.71 bits per heavy atom. The standard InChI is InChI=1S/C14H14ClNO/c1-10-4-3-5-13(11(10)2)17-9-12-6-7-14(15)16-8-12/h3-8H,9H2,1-2H3. The van der Waals surface area contributed by atoms with E-state index >= 15 is 0 Å². The SMILES string of the molecule is Cc1cccc(OCc2ccc(Cl)nc2)c1C. The van der Waals surface area contributed by atoms with Crippen molar-refractivity contribution in [3.8, 4) is 5.75 Å². The molecule has 88 valence electrons. The smallest absolute Gasteiger partial charge is 0.129 e. The number of halogens is 1. The minimum Gasteiger partial charge on any atom is -0.489 e. The number of hydrogen-bond acceptors (Lipinski definition) is 2. The molecule has 3 heteroatoms. The molecule has 0 aliphatic rings. The third-order valence-corrected chi connectivity index (χ3v) is 2.96. The molecule has 0 fully saturated rings. The van der Waals surface area contributed by atoms with Gasteiger partial charge in [0, 0.05) is 11.8 Å². The van der Waals surface area contributed by atoms with Gasteiger partial charge in [-0.05, 0) is 37.1 Å². The summed E-state index contributed by atoms with van der Waals surface area (Å²) in [7, 11) is 0. The van der Waals surface area contributed by atoms with Gasteiger partial charge in [-0.15, -0.1) is 0 Å². The van der Waals surface area contributed by atoms with Crippen molar-refractivity contribution >= 4 is 11.6 Å². The molecule has 0 atom stereocenters. The molecule has 0 aliphatic carbocycles. The summed E-state index contributed by atoms with van der Waals surface area (Å²) in [6.07, 6.45) is 1.73. The van der Waals surface area contributed by atoms with Crippen LogP contribution in [0.3, 0.4) is 0 Å². The first-order valence-electron chi connectivity index (χ1n) is 5.46. The number of pyridine rings is 1. The zero-order valence-electron chi connectivity index (χ0n) is 9.90. The van der Waals surface area contributed by atoms with Crippen LogP contribution >= 0.6 is 11.6 Å². The summed E-state index contributed by atoms with van der Waals surface area (Å²) >= 11 is 5.72. The van der Waals surface area contributed by atoms with Crippen molar-refractivity contribution in [2.24, 2.45) is 0 Å². The lowest BCUT2D eigenvalue weighted by molar-refractivity contribution is 0.303. The Morgan fingerprint density at radius 1 is 1.18 bits per heavy atom. The number of benzene rings is 1. The van der Waals surface area contributed by atoms with Gasteiger partial charge in [0.15, 0.2) is 0 Å². The molecular weight excluding hydrogens is 234 g/mol. The molecule has 0 saturated heterocycles. The van der Waals surface area contributed by atoms with E-state index in [0.717, 1.165) is 11.3 Å². The number of aryl methyl sites for hydroxylation is 1. The number of aromatic nitrogens is 1. The number of hydrogen-bond donors (Lipinski definition) is 0. The lowest BCUT2D eigenvalue weighted by Crippen LogP contribution is -1.98. The van der Waals surface area contributed by atoms with Gasteiger partial charge in [-0.1, -0.05) is 29.8 Å². The van der Waals surface area contributed by atoms with Gasteiger partial charge in [-0.2, -0.15) is 0 Å². The molecule has 1 heterocycles. The van der Waals surface area contributed by atoms with E-state index in [1.54, 1.807) is 12.3 Å². The Kier molecular flexibility index (Phi) is 3.64. The van der Waals surface area contributed by atoms with Crippen LogP contribution in [0.15, 0.2) is 36.5 Å². The van der Waals surface area contributed by atoms with Crippen LogP contribution in [0.25, 0.3) is 0 Å². The highest BCUT2D eigenvalue weighted by molar-refractivity contribution is 6.29. The largest absolute Gasteiger partial charge is 0.489 e. The Morgan fingerprint density at radius 2 is 2.00 bits per heavy atom. The van der Waals surface area contributed by atoms with Gasteiger partial charge in [0.25, 0.3) is 0 Å². The summed E-state index contributed by atoms with van der Waals surface area (Å²) in [5, 5.41) is 0.500. The van der Waals surface area contributed by atoms with E-state index in [2.05, 4.69) is 24.9 Å². The molecule has 0 unspecified atom stereocenters. The normalized spacial score (nSPS) is 10.3. The maximum Gasteiger partial charge on any atom is 0.129 e. The van der Waals surface area contributed by atoms with Crippen LogP contribution in [0.5, 0.6) is 5.75 Å². The molecule has 2 rings (SSSR count). The van der Waals surface area contributed by atoms with Crippen LogP contribution < -0.4 is 4.74 Å². The van der Waals surface area contributed by atoms with Crippen LogP contribution in [-0.2, 0) is 6.61 Å². The minimum atomic E-state index is 0.500. The fraction of sp³-hybridized carbons (Fsp3) is 0.214. The molecule has 1 aromatic heterocycles. The zero-order valence-corrected chi connectivity index (χ0v) is 10.7. The van der Waals surface area contributed by atoms with Gasteiger partial charge in [0.2, 0.25) is 0 Å². The van der Waals surface area contributed by atoms with Gasteiger partial charge in [0.05, 0.1) is 0 Å². The molecule has 0 bridgehead atoms. The van der Waals surface area contributed by atoms with Crippen molar-refractivity contribution in [3.05, 3.63) is 58.4 Å². The van der Waals surface area contributed by atoms with E-state index in [1.165, 1.54) is 11.1 Å². The lowest BCUT2D eigenvalue weighted by atomic mass is 10.1. The number of rotatable bonds is 3. The van der Waals surface area contributed by atoms with Crippen LogP contribution in [0.1, 0.15) is 16.7 Å². The van der Waals surface area contributed by atoms with Crippen molar-refractivity contribution in [1.82, 2.24) is 4.98 Å². The average molecular weight is 248 g/mol. The van der Waals surface area contributed by atoms with Crippen molar-refractivity contribution in [3.63, 3.8) is 0 Å². The predicted molar refractivity (Wildman–Crippen MR) is 69.5 cm³/mol.